The Kier molecular flexibility index (Phi) is 5.83. The molecule has 30 heavy (non-hydrogen) atoms. The zero-order chi connectivity index (χ0) is 21.1. The van der Waals surface area contributed by atoms with Gasteiger partial charge in [-0.2, -0.15) is 4.98 Å². The number of rotatable bonds is 6. The van der Waals surface area contributed by atoms with Crippen LogP contribution in [0, 0.1) is 0 Å². The zero-order valence-electron chi connectivity index (χ0n) is 17.6. The van der Waals surface area contributed by atoms with Gasteiger partial charge in [0.25, 0.3) is 5.91 Å². The van der Waals surface area contributed by atoms with E-state index in [2.05, 4.69) is 34.3 Å². The van der Waals surface area contributed by atoms with Gasteiger partial charge in [0.2, 0.25) is 11.9 Å². The van der Waals surface area contributed by atoms with Crippen molar-refractivity contribution in [1.82, 2.24) is 19.8 Å². The number of benzene rings is 1. The van der Waals surface area contributed by atoms with Crippen LogP contribution < -0.4 is 10.2 Å². The molecule has 8 nitrogen and oxygen atoms in total. The molecule has 2 aliphatic rings. The summed E-state index contributed by atoms with van der Waals surface area (Å²) >= 11 is 0. The van der Waals surface area contributed by atoms with Crippen LogP contribution in [-0.4, -0.2) is 64.3 Å². The van der Waals surface area contributed by atoms with Crippen LogP contribution in [0.5, 0.6) is 0 Å². The van der Waals surface area contributed by atoms with Crippen LogP contribution in [-0.2, 0) is 17.9 Å². The van der Waals surface area contributed by atoms with Crippen molar-refractivity contribution >= 4 is 23.6 Å². The second-order valence-corrected chi connectivity index (χ2v) is 7.76. The van der Waals surface area contributed by atoms with Crippen LogP contribution in [0.15, 0.2) is 30.3 Å². The van der Waals surface area contributed by atoms with Crippen molar-refractivity contribution in [3.63, 3.8) is 0 Å². The lowest BCUT2D eigenvalue weighted by molar-refractivity contribution is -0.129. The fourth-order valence-corrected chi connectivity index (χ4v) is 3.95. The summed E-state index contributed by atoms with van der Waals surface area (Å²) in [5, 5.41) is 3.43. The Labute approximate surface area is 176 Å². The molecule has 0 spiro atoms. The Morgan fingerprint density at radius 1 is 1.10 bits per heavy atom. The Balaban J connectivity index is 1.60. The number of hydrogen-bond donors (Lipinski definition) is 1. The van der Waals surface area contributed by atoms with E-state index >= 15 is 0 Å². The number of aromatic nitrogens is 2. The third-order valence-corrected chi connectivity index (χ3v) is 5.64. The first-order valence-electron chi connectivity index (χ1n) is 10.5. The highest BCUT2D eigenvalue weighted by Gasteiger charge is 2.33. The fraction of sp³-hybridized carbons (Fsp3) is 0.455. The van der Waals surface area contributed by atoms with Crippen molar-refractivity contribution in [3.8, 4) is 0 Å². The van der Waals surface area contributed by atoms with Crippen molar-refractivity contribution in [1.29, 1.82) is 0 Å². The molecule has 0 unspecified atom stereocenters. The Hall–Kier alpha value is -3.16. The van der Waals surface area contributed by atoms with Gasteiger partial charge >= 0.3 is 0 Å². The van der Waals surface area contributed by atoms with Gasteiger partial charge in [-0.1, -0.05) is 37.3 Å². The second kappa shape index (κ2) is 8.69. The van der Waals surface area contributed by atoms with Gasteiger partial charge in [0.1, 0.15) is 11.5 Å². The van der Waals surface area contributed by atoms with Crippen LogP contribution in [0.25, 0.3) is 0 Å². The van der Waals surface area contributed by atoms with E-state index in [4.69, 9.17) is 4.98 Å². The van der Waals surface area contributed by atoms with Gasteiger partial charge < -0.3 is 20.0 Å². The monoisotopic (exact) mass is 408 g/mol. The number of anilines is 2. The second-order valence-electron chi connectivity index (χ2n) is 7.76. The molecular formula is C22H28N6O2. The summed E-state index contributed by atoms with van der Waals surface area (Å²) in [7, 11) is 0. The molecule has 2 aromatic rings. The van der Waals surface area contributed by atoms with E-state index in [0.29, 0.717) is 57.5 Å². The van der Waals surface area contributed by atoms with E-state index in [-0.39, 0.29) is 11.8 Å². The fourth-order valence-electron chi connectivity index (χ4n) is 3.95. The first kappa shape index (κ1) is 20.1. The predicted octanol–water partition coefficient (Wildman–Crippen LogP) is 2.12. The molecule has 1 fully saturated rings. The minimum Gasteiger partial charge on any atom is -0.366 e. The average molecular weight is 409 g/mol. The van der Waals surface area contributed by atoms with Gasteiger partial charge in [-0.25, -0.2) is 4.98 Å². The smallest absolute Gasteiger partial charge is 0.273 e. The largest absolute Gasteiger partial charge is 0.366 e. The quantitative estimate of drug-likeness (QED) is 0.789. The van der Waals surface area contributed by atoms with Crippen molar-refractivity contribution < 1.29 is 9.59 Å². The molecule has 0 saturated carbocycles. The predicted molar refractivity (Wildman–Crippen MR) is 115 cm³/mol. The van der Waals surface area contributed by atoms with Crippen molar-refractivity contribution in [2.24, 2.45) is 0 Å². The number of nitrogens with one attached hydrogen (secondary N) is 1. The topological polar surface area (TPSA) is 81.7 Å². The maximum Gasteiger partial charge on any atom is 0.273 e. The number of amides is 2. The first-order chi connectivity index (χ1) is 14.6. The third kappa shape index (κ3) is 4.08. The Morgan fingerprint density at radius 2 is 1.83 bits per heavy atom. The van der Waals surface area contributed by atoms with E-state index in [0.717, 1.165) is 23.4 Å². The lowest BCUT2D eigenvalue weighted by atomic mass is 10.2. The molecule has 8 heteroatoms. The summed E-state index contributed by atoms with van der Waals surface area (Å²) in [5.74, 6) is 1.33. The molecule has 0 atom stereocenters. The molecule has 0 bridgehead atoms. The van der Waals surface area contributed by atoms with Gasteiger partial charge in [0, 0.05) is 51.8 Å². The minimum absolute atomic E-state index is 0.0272. The van der Waals surface area contributed by atoms with Gasteiger partial charge in [-0.05, 0) is 12.0 Å². The van der Waals surface area contributed by atoms with Crippen LogP contribution in [0.1, 0.15) is 41.9 Å². The highest BCUT2D eigenvalue weighted by Crippen LogP contribution is 2.30. The summed E-state index contributed by atoms with van der Waals surface area (Å²) in [6, 6.07) is 10.1. The Morgan fingerprint density at radius 3 is 2.50 bits per heavy atom. The summed E-state index contributed by atoms with van der Waals surface area (Å²) in [6.45, 7) is 8.12. The van der Waals surface area contributed by atoms with Gasteiger partial charge in [0.15, 0.2) is 0 Å². The van der Waals surface area contributed by atoms with Crippen LogP contribution in [0.2, 0.25) is 0 Å². The van der Waals surface area contributed by atoms with Gasteiger partial charge in [-0.3, -0.25) is 9.59 Å². The number of hydrogen-bond acceptors (Lipinski definition) is 6. The Bertz CT molecular complexity index is 925. The van der Waals surface area contributed by atoms with Crippen molar-refractivity contribution in [2.45, 2.75) is 33.4 Å². The molecule has 1 saturated heterocycles. The zero-order valence-corrected chi connectivity index (χ0v) is 17.6. The van der Waals surface area contributed by atoms with Crippen molar-refractivity contribution in [3.05, 3.63) is 47.2 Å². The SMILES string of the molecule is CCCN1Cc2c(NCc3ccccc3)nc(N3CCN(C(C)=O)CC3)nc2C1=O. The molecule has 158 valence electrons. The maximum absolute atomic E-state index is 12.9. The standard InChI is InChI=1S/C22H28N6O2/c1-3-9-28-15-18-19(21(28)30)24-22(27-12-10-26(11-13-27)16(2)29)25-20(18)23-14-17-7-5-4-6-8-17/h4-8H,3,9-15H2,1-2H3,(H,23,24,25). The van der Waals surface area contributed by atoms with Gasteiger partial charge in [-0.15, -0.1) is 0 Å². The van der Waals surface area contributed by atoms with E-state index in [1.807, 2.05) is 28.0 Å². The van der Waals surface area contributed by atoms with E-state index in [1.165, 1.54) is 0 Å². The molecule has 1 N–H and O–H groups in total. The average Bonchev–Trinajstić information content (AvgIpc) is 3.09. The maximum atomic E-state index is 12.9. The molecule has 4 rings (SSSR count). The van der Waals surface area contributed by atoms with E-state index < -0.39 is 0 Å². The molecule has 2 amide bonds. The van der Waals surface area contributed by atoms with Crippen LogP contribution in [0.4, 0.5) is 11.8 Å². The van der Waals surface area contributed by atoms with Crippen LogP contribution in [0.3, 0.4) is 0 Å². The molecule has 3 heterocycles. The highest BCUT2D eigenvalue weighted by molar-refractivity contribution is 5.98. The van der Waals surface area contributed by atoms with Gasteiger partial charge in [0.05, 0.1) is 6.54 Å². The summed E-state index contributed by atoms with van der Waals surface area (Å²) in [4.78, 5) is 39.7. The lowest BCUT2D eigenvalue weighted by Gasteiger charge is -2.34. The number of carbonyl (C=O) groups excluding carboxylic acids is 2. The number of piperazine rings is 1. The third-order valence-electron chi connectivity index (χ3n) is 5.64. The normalized spacial score (nSPS) is 16.1. The van der Waals surface area contributed by atoms with Crippen molar-refractivity contribution in [2.75, 3.05) is 42.9 Å². The number of carbonyl (C=O) groups is 2. The molecule has 0 radical (unpaired) electrons. The first-order valence-corrected chi connectivity index (χ1v) is 10.5. The minimum atomic E-state index is -0.0272. The molecule has 1 aromatic carbocycles. The van der Waals surface area contributed by atoms with E-state index in [9.17, 15) is 9.59 Å². The summed E-state index contributed by atoms with van der Waals surface area (Å²) in [5.41, 5.74) is 2.52. The molecule has 1 aromatic heterocycles. The number of fused-ring (bicyclic) bond motifs is 1. The molecule has 2 aliphatic heterocycles. The number of nitrogens with zero attached hydrogens (tertiary/aromatic N) is 5. The summed E-state index contributed by atoms with van der Waals surface area (Å²) in [6.07, 6.45) is 0.903. The molecular weight excluding hydrogens is 380 g/mol. The van der Waals surface area contributed by atoms with E-state index in [1.54, 1.807) is 6.92 Å². The highest BCUT2D eigenvalue weighted by atomic mass is 16.2. The summed E-state index contributed by atoms with van der Waals surface area (Å²) < 4.78 is 0. The molecule has 0 aliphatic carbocycles. The van der Waals surface area contributed by atoms with Crippen LogP contribution >= 0.6 is 0 Å². The lowest BCUT2D eigenvalue weighted by Crippen LogP contribution is -2.48.